The van der Waals surface area contributed by atoms with Gasteiger partial charge in [0.25, 0.3) is 0 Å². The highest BCUT2D eigenvalue weighted by Gasteiger charge is 2.00. The first-order valence-electron chi connectivity index (χ1n) is 5.93. The second-order valence-corrected chi connectivity index (χ2v) is 4.36. The lowest BCUT2D eigenvalue weighted by Gasteiger charge is -2.05. The van der Waals surface area contributed by atoms with Gasteiger partial charge in [-0.2, -0.15) is 0 Å². The molecule has 0 aliphatic heterocycles. The Morgan fingerprint density at radius 2 is 1.56 bits per heavy atom. The molecule has 0 aliphatic rings. The SMILES string of the molecule is N=C(N)c1cccc(CCc2cccc(N)c2)c1. The Kier molecular flexibility index (Phi) is 3.63. The Morgan fingerprint density at radius 1 is 0.944 bits per heavy atom. The highest BCUT2D eigenvalue weighted by Crippen LogP contribution is 2.12. The molecule has 0 bridgehead atoms. The largest absolute Gasteiger partial charge is 0.399 e. The third-order valence-corrected chi connectivity index (χ3v) is 2.89. The van der Waals surface area contributed by atoms with Crippen LogP contribution in [0, 0.1) is 5.41 Å². The van der Waals surface area contributed by atoms with Crippen LogP contribution in [0.25, 0.3) is 0 Å². The Labute approximate surface area is 107 Å². The van der Waals surface area contributed by atoms with Gasteiger partial charge in [0.1, 0.15) is 5.84 Å². The van der Waals surface area contributed by atoms with E-state index in [0.717, 1.165) is 24.1 Å². The molecule has 2 aromatic carbocycles. The molecule has 3 heteroatoms. The van der Waals surface area contributed by atoms with Crippen LogP contribution in [0.1, 0.15) is 16.7 Å². The van der Waals surface area contributed by atoms with Gasteiger partial charge in [0.15, 0.2) is 0 Å². The summed E-state index contributed by atoms with van der Waals surface area (Å²) in [5.41, 5.74) is 15.2. The molecule has 0 unspecified atom stereocenters. The van der Waals surface area contributed by atoms with Crippen LogP contribution in [0.3, 0.4) is 0 Å². The average Bonchev–Trinajstić information content (AvgIpc) is 2.37. The molecule has 2 rings (SSSR count). The summed E-state index contributed by atoms with van der Waals surface area (Å²) in [4.78, 5) is 0. The molecule has 0 atom stereocenters. The van der Waals surface area contributed by atoms with Crippen molar-refractivity contribution in [3.63, 3.8) is 0 Å². The van der Waals surface area contributed by atoms with Crippen molar-refractivity contribution in [3.8, 4) is 0 Å². The molecular formula is C15H17N3. The van der Waals surface area contributed by atoms with Crippen molar-refractivity contribution in [2.75, 3.05) is 5.73 Å². The molecule has 0 aliphatic carbocycles. The number of nitrogens with one attached hydrogen (secondary N) is 1. The molecule has 0 saturated heterocycles. The molecule has 0 heterocycles. The minimum atomic E-state index is 0.112. The van der Waals surface area contributed by atoms with E-state index in [-0.39, 0.29) is 5.84 Å². The zero-order chi connectivity index (χ0) is 13.0. The van der Waals surface area contributed by atoms with Crippen molar-refractivity contribution >= 4 is 11.5 Å². The van der Waals surface area contributed by atoms with Gasteiger partial charge in [-0.15, -0.1) is 0 Å². The van der Waals surface area contributed by atoms with Gasteiger partial charge in [-0.1, -0.05) is 30.3 Å². The third-order valence-electron chi connectivity index (χ3n) is 2.89. The van der Waals surface area contributed by atoms with Crippen molar-refractivity contribution in [3.05, 3.63) is 65.2 Å². The highest BCUT2D eigenvalue weighted by molar-refractivity contribution is 5.95. The predicted octanol–water partition coefficient (Wildman–Crippen LogP) is 2.34. The molecule has 18 heavy (non-hydrogen) atoms. The summed E-state index contributed by atoms with van der Waals surface area (Å²) in [6.07, 6.45) is 1.86. The second kappa shape index (κ2) is 5.36. The van der Waals surface area contributed by atoms with E-state index in [9.17, 15) is 0 Å². The summed E-state index contributed by atoms with van der Waals surface area (Å²) >= 11 is 0. The molecule has 92 valence electrons. The molecule has 0 spiro atoms. The maximum atomic E-state index is 7.42. The molecule has 5 N–H and O–H groups in total. The number of rotatable bonds is 4. The quantitative estimate of drug-likeness (QED) is 0.435. The number of benzene rings is 2. The van der Waals surface area contributed by atoms with E-state index in [1.54, 1.807) is 0 Å². The summed E-state index contributed by atoms with van der Waals surface area (Å²) in [7, 11) is 0. The van der Waals surface area contributed by atoms with Gasteiger partial charge in [-0.3, -0.25) is 5.41 Å². The number of hydrogen-bond donors (Lipinski definition) is 3. The van der Waals surface area contributed by atoms with E-state index in [0.29, 0.717) is 0 Å². The number of hydrogen-bond acceptors (Lipinski definition) is 2. The summed E-state index contributed by atoms with van der Waals surface area (Å²) in [6, 6.07) is 15.7. The van der Waals surface area contributed by atoms with Gasteiger partial charge >= 0.3 is 0 Å². The topological polar surface area (TPSA) is 75.9 Å². The zero-order valence-corrected chi connectivity index (χ0v) is 10.2. The lowest BCUT2D eigenvalue weighted by molar-refractivity contribution is 0.960. The zero-order valence-electron chi connectivity index (χ0n) is 10.2. The molecule has 0 radical (unpaired) electrons. The fraction of sp³-hybridized carbons (Fsp3) is 0.133. The van der Waals surface area contributed by atoms with Crippen molar-refractivity contribution in [2.24, 2.45) is 5.73 Å². The van der Waals surface area contributed by atoms with Crippen LogP contribution in [-0.4, -0.2) is 5.84 Å². The van der Waals surface area contributed by atoms with Crippen LogP contribution in [-0.2, 0) is 12.8 Å². The Balaban J connectivity index is 2.06. The smallest absolute Gasteiger partial charge is 0.122 e. The monoisotopic (exact) mass is 239 g/mol. The molecule has 0 aromatic heterocycles. The number of nitrogen functional groups attached to an aromatic ring is 2. The lowest BCUT2D eigenvalue weighted by Crippen LogP contribution is -2.11. The van der Waals surface area contributed by atoms with E-state index in [1.165, 1.54) is 11.1 Å². The Bertz CT molecular complexity index is 561. The van der Waals surface area contributed by atoms with Crippen LogP contribution in [0.5, 0.6) is 0 Å². The van der Waals surface area contributed by atoms with Gasteiger partial charge in [0, 0.05) is 11.3 Å². The molecular weight excluding hydrogens is 222 g/mol. The summed E-state index contributed by atoms with van der Waals surface area (Å²) in [6.45, 7) is 0. The molecule has 3 nitrogen and oxygen atoms in total. The first-order chi connectivity index (χ1) is 8.65. The van der Waals surface area contributed by atoms with Crippen molar-refractivity contribution in [1.29, 1.82) is 5.41 Å². The van der Waals surface area contributed by atoms with Gasteiger partial charge in [-0.05, 0) is 42.2 Å². The predicted molar refractivity (Wildman–Crippen MR) is 75.7 cm³/mol. The van der Waals surface area contributed by atoms with Gasteiger partial charge in [0.05, 0.1) is 0 Å². The maximum absolute atomic E-state index is 7.42. The number of anilines is 1. The summed E-state index contributed by atoms with van der Waals surface area (Å²) in [5, 5.41) is 7.42. The Hall–Kier alpha value is -2.29. The molecule has 0 fully saturated rings. The Morgan fingerprint density at radius 3 is 2.17 bits per heavy atom. The van der Waals surface area contributed by atoms with E-state index in [1.807, 2.05) is 36.4 Å². The van der Waals surface area contributed by atoms with Crippen molar-refractivity contribution in [1.82, 2.24) is 0 Å². The van der Waals surface area contributed by atoms with Crippen LogP contribution < -0.4 is 11.5 Å². The summed E-state index contributed by atoms with van der Waals surface area (Å²) in [5.74, 6) is 0.112. The number of nitrogens with two attached hydrogens (primary N) is 2. The van der Waals surface area contributed by atoms with E-state index in [2.05, 4.69) is 12.1 Å². The highest BCUT2D eigenvalue weighted by atomic mass is 14.7. The first-order valence-corrected chi connectivity index (χ1v) is 5.93. The standard InChI is InChI=1S/C15H17N3/c16-14-6-2-4-12(10-14)8-7-11-3-1-5-13(9-11)15(17)18/h1-6,9-10H,7-8,16H2,(H3,17,18). The lowest BCUT2D eigenvalue weighted by atomic mass is 10.0. The number of aryl methyl sites for hydroxylation is 2. The van der Waals surface area contributed by atoms with Crippen molar-refractivity contribution in [2.45, 2.75) is 12.8 Å². The maximum Gasteiger partial charge on any atom is 0.122 e. The molecule has 0 saturated carbocycles. The van der Waals surface area contributed by atoms with E-state index < -0.39 is 0 Å². The average molecular weight is 239 g/mol. The normalized spacial score (nSPS) is 10.2. The summed E-state index contributed by atoms with van der Waals surface area (Å²) < 4.78 is 0. The number of amidine groups is 1. The third kappa shape index (κ3) is 3.10. The minimum absolute atomic E-state index is 0.112. The van der Waals surface area contributed by atoms with Gasteiger partial charge in [0.2, 0.25) is 0 Å². The van der Waals surface area contributed by atoms with Crippen LogP contribution >= 0.6 is 0 Å². The van der Waals surface area contributed by atoms with E-state index >= 15 is 0 Å². The molecule has 0 amide bonds. The van der Waals surface area contributed by atoms with Crippen LogP contribution in [0.15, 0.2) is 48.5 Å². The second-order valence-electron chi connectivity index (χ2n) is 4.36. The first kappa shape index (κ1) is 12.2. The van der Waals surface area contributed by atoms with Crippen LogP contribution in [0.2, 0.25) is 0 Å². The molecule has 2 aromatic rings. The van der Waals surface area contributed by atoms with Gasteiger partial charge < -0.3 is 11.5 Å². The fourth-order valence-corrected chi connectivity index (χ4v) is 1.93. The fourth-order valence-electron chi connectivity index (χ4n) is 1.93. The van der Waals surface area contributed by atoms with Crippen molar-refractivity contribution < 1.29 is 0 Å². The minimum Gasteiger partial charge on any atom is -0.399 e. The van der Waals surface area contributed by atoms with E-state index in [4.69, 9.17) is 16.9 Å². The van der Waals surface area contributed by atoms with Crippen LogP contribution in [0.4, 0.5) is 5.69 Å². The van der Waals surface area contributed by atoms with Gasteiger partial charge in [-0.25, -0.2) is 0 Å².